The second-order valence-corrected chi connectivity index (χ2v) is 5.58. The van der Waals surface area contributed by atoms with E-state index in [1.54, 1.807) is 18.6 Å². The van der Waals surface area contributed by atoms with E-state index in [2.05, 4.69) is 43.0 Å². The molecule has 6 nitrogen and oxygen atoms in total. The molecule has 3 heterocycles. The molecule has 0 saturated carbocycles. The number of pyridine rings is 1. The fourth-order valence-corrected chi connectivity index (χ4v) is 2.83. The normalized spacial score (nSPS) is 10.9. The van der Waals surface area contributed by atoms with Crippen LogP contribution in [0.4, 0.5) is 5.95 Å². The van der Waals surface area contributed by atoms with E-state index in [0.29, 0.717) is 12.5 Å². The van der Waals surface area contributed by atoms with Gasteiger partial charge < -0.3 is 15.0 Å². The van der Waals surface area contributed by atoms with Gasteiger partial charge in [0.15, 0.2) is 0 Å². The lowest BCUT2D eigenvalue weighted by atomic mass is 10.2. The Hall–Kier alpha value is -3.25. The lowest BCUT2D eigenvalue weighted by molar-refractivity contribution is 0.311. The van der Waals surface area contributed by atoms with Gasteiger partial charge >= 0.3 is 0 Å². The molecule has 4 rings (SSSR count). The predicted molar refractivity (Wildman–Crippen MR) is 97.7 cm³/mol. The molecule has 1 aromatic carbocycles. The molecule has 0 aliphatic heterocycles. The van der Waals surface area contributed by atoms with Crippen LogP contribution >= 0.6 is 0 Å². The summed E-state index contributed by atoms with van der Waals surface area (Å²) < 4.78 is 2.15. The molecular weight excluding hydrogens is 314 g/mol. The van der Waals surface area contributed by atoms with Gasteiger partial charge in [-0.05, 0) is 24.3 Å². The average molecular weight is 331 g/mol. The van der Waals surface area contributed by atoms with Gasteiger partial charge in [-0.3, -0.25) is 4.98 Å². The number of hydrogen-bond acceptors (Lipinski definition) is 5. The van der Waals surface area contributed by atoms with Crippen molar-refractivity contribution in [2.24, 2.45) is 0 Å². The summed E-state index contributed by atoms with van der Waals surface area (Å²) in [5.74, 6) is 0.502. The predicted octanol–water partition coefficient (Wildman–Crippen LogP) is 2.89. The van der Waals surface area contributed by atoms with Crippen LogP contribution in [0.25, 0.3) is 27.8 Å². The van der Waals surface area contributed by atoms with Crippen molar-refractivity contribution in [2.75, 3.05) is 18.5 Å². The van der Waals surface area contributed by atoms with E-state index in [0.717, 1.165) is 27.8 Å². The van der Waals surface area contributed by atoms with Gasteiger partial charge in [0, 0.05) is 41.8 Å². The zero-order valence-electron chi connectivity index (χ0n) is 13.5. The molecule has 0 saturated heterocycles. The summed E-state index contributed by atoms with van der Waals surface area (Å²) >= 11 is 0. The highest BCUT2D eigenvalue weighted by Gasteiger charge is 2.13. The van der Waals surface area contributed by atoms with Crippen LogP contribution in [0, 0.1) is 0 Å². The summed E-state index contributed by atoms with van der Waals surface area (Å²) in [4.78, 5) is 12.9. The minimum atomic E-state index is 0.0420. The fourth-order valence-electron chi connectivity index (χ4n) is 2.83. The van der Waals surface area contributed by atoms with Crippen molar-refractivity contribution >= 4 is 16.9 Å². The molecule has 25 heavy (non-hydrogen) atoms. The van der Waals surface area contributed by atoms with Crippen molar-refractivity contribution < 1.29 is 5.11 Å². The highest BCUT2D eigenvalue weighted by molar-refractivity contribution is 5.88. The molecule has 0 aliphatic rings. The van der Waals surface area contributed by atoms with E-state index in [4.69, 9.17) is 5.11 Å². The summed E-state index contributed by atoms with van der Waals surface area (Å²) in [5, 5.41) is 12.9. The molecule has 0 spiro atoms. The molecule has 2 N–H and O–H groups in total. The molecule has 124 valence electrons. The van der Waals surface area contributed by atoms with Gasteiger partial charge in [0.1, 0.15) is 0 Å². The summed E-state index contributed by atoms with van der Waals surface area (Å²) in [6.07, 6.45) is 7.23. The third kappa shape index (κ3) is 2.95. The summed E-state index contributed by atoms with van der Waals surface area (Å²) in [5.41, 5.74) is 4.01. The zero-order valence-corrected chi connectivity index (χ0v) is 13.5. The minimum absolute atomic E-state index is 0.0420. The third-order valence-electron chi connectivity index (χ3n) is 3.96. The molecule has 0 fully saturated rings. The Kier molecular flexibility index (Phi) is 4.10. The second-order valence-electron chi connectivity index (χ2n) is 5.58. The van der Waals surface area contributed by atoms with E-state index in [1.165, 1.54) is 0 Å². The molecule has 0 aliphatic carbocycles. The molecular formula is C19H17N5O. The molecule has 0 amide bonds. The number of nitrogens with one attached hydrogen (secondary N) is 1. The van der Waals surface area contributed by atoms with Crippen LogP contribution in [0.3, 0.4) is 0 Å². The number of rotatable bonds is 5. The first-order valence-corrected chi connectivity index (χ1v) is 8.05. The highest BCUT2D eigenvalue weighted by Crippen LogP contribution is 2.30. The Balaban J connectivity index is 1.84. The van der Waals surface area contributed by atoms with E-state index in [9.17, 15) is 0 Å². The van der Waals surface area contributed by atoms with Crippen molar-refractivity contribution in [3.05, 3.63) is 67.3 Å². The number of aliphatic hydroxyl groups excluding tert-OH is 1. The van der Waals surface area contributed by atoms with Crippen LogP contribution in [0.15, 0.2) is 67.3 Å². The summed E-state index contributed by atoms with van der Waals surface area (Å²) in [7, 11) is 0. The molecule has 4 aromatic rings. The standard InChI is InChI=1S/C19H17N5O/c25-9-8-21-19-22-11-15(12-23-19)17-10-14-6-7-20-13-18(14)24(17)16-4-2-1-3-5-16/h1-7,10-13,25H,8-9H2,(H,21,22,23). The Morgan fingerprint density at radius 3 is 2.56 bits per heavy atom. The molecule has 0 unspecified atom stereocenters. The van der Waals surface area contributed by atoms with Crippen LogP contribution in [-0.2, 0) is 0 Å². The van der Waals surface area contributed by atoms with Gasteiger partial charge in [0.2, 0.25) is 5.95 Å². The zero-order chi connectivity index (χ0) is 17.1. The number of aromatic nitrogens is 4. The first-order valence-electron chi connectivity index (χ1n) is 8.05. The van der Waals surface area contributed by atoms with Crippen LogP contribution in [0.2, 0.25) is 0 Å². The number of anilines is 1. The Labute approximate surface area is 144 Å². The van der Waals surface area contributed by atoms with Crippen LogP contribution < -0.4 is 5.32 Å². The quantitative estimate of drug-likeness (QED) is 0.588. The maximum absolute atomic E-state index is 8.88. The Morgan fingerprint density at radius 1 is 1.00 bits per heavy atom. The topological polar surface area (TPSA) is 75.9 Å². The average Bonchev–Trinajstić information content (AvgIpc) is 3.07. The second kappa shape index (κ2) is 6.70. The molecule has 0 radical (unpaired) electrons. The van der Waals surface area contributed by atoms with Crippen molar-refractivity contribution in [1.29, 1.82) is 0 Å². The van der Waals surface area contributed by atoms with Crippen molar-refractivity contribution in [3.63, 3.8) is 0 Å². The largest absolute Gasteiger partial charge is 0.395 e. The Bertz CT molecular complexity index is 980. The van der Waals surface area contributed by atoms with E-state index < -0.39 is 0 Å². The molecule has 0 atom stereocenters. The number of nitrogens with zero attached hydrogens (tertiary/aromatic N) is 4. The smallest absolute Gasteiger partial charge is 0.222 e. The first kappa shape index (κ1) is 15.3. The van der Waals surface area contributed by atoms with Gasteiger partial charge in [-0.25, -0.2) is 9.97 Å². The third-order valence-corrected chi connectivity index (χ3v) is 3.96. The van der Waals surface area contributed by atoms with Crippen molar-refractivity contribution in [2.45, 2.75) is 0 Å². The number of aliphatic hydroxyl groups is 1. The molecule has 6 heteroatoms. The van der Waals surface area contributed by atoms with Crippen LogP contribution in [-0.4, -0.2) is 37.8 Å². The number of para-hydroxylation sites is 1. The van der Waals surface area contributed by atoms with Gasteiger partial charge in [-0.1, -0.05) is 18.2 Å². The fraction of sp³-hybridized carbons (Fsp3) is 0.105. The van der Waals surface area contributed by atoms with Crippen LogP contribution in [0.1, 0.15) is 0 Å². The number of benzene rings is 1. The van der Waals surface area contributed by atoms with Crippen LogP contribution in [0.5, 0.6) is 0 Å². The van der Waals surface area contributed by atoms with Gasteiger partial charge in [-0.15, -0.1) is 0 Å². The van der Waals surface area contributed by atoms with E-state index in [1.807, 2.05) is 30.5 Å². The van der Waals surface area contributed by atoms with Gasteiger partial charge in [0.05, 0.1) is 24.0 Å². The van der Waals surface area contributed by atoms with Gasteiger partial charge in [-0.2, -0.15) is 0 Å². The molecule has 3 aromatic heterocycles. The summed E-state index contributed by atoms with van der Waals surface area (Å²) in [6, 6.07) is 14.3. The monoisotopic (exact) mass is 331 g/mol. The maximum Gasteiger partial charge on any atom is 0.222 e. The van der Waals surface area contributed by atoms with E-state index >= 15 is 0 Å². The lowest BCUT2D eigenvalue weighted by Gasteiger charge is -2.11. The summed E-state index contributed by atoms with van der Waals surface area (Å²) in [6.45, 7) is 0.468. The first-order chi connectivity index (χ1) is 12.4. The van der Waals surface area contributed by atoms with Crippen molar-refractivity contribution in [3.8, 4) is 16.9 Å². The highest BCUT2D eigenvalue weighted by atomic mass is 16.3. The number of fused-ring (bicyclic) bond motifs is 1. The van der Waals surface area contributed by atoms with Crippen molar-refractivity contribution in [1.82, 2.24) is 19.5 Å². The Morgan fingerprint density at radius 2 is 1.80 bits per heavy atom. The van der Waals surface area contributed by atoms with E-state index in [-0.39, 0.29) is 6.61 Å². The molecule has 0 bridgehead atoms. The minimum Gasteiger partial charge on any atom is -0.395 e. The van der Waals surface area contributed by atoms with Gasteiger partial charge in [0.25, 0.3) is 0 Å². The SMILES string of the molecule is OCCNc1ncc(-c2cc3ccncc3n2-c2ccccc2)cn1. The number of hydrogen-bond donors (Lipinski definition) is 2. The lowest BCUT2D eigenvalue weighted by Crippen LogP contribution is -2.08. The maximum atomic E-state index is 8.88.